The molecule has 5 heteroatoms. The van der Waals surface area contributed by atoms with E-state index in [0.717, 1.165) is 5.56 Å². The molecule has 0 aliphatic rings. The van der Waals surface area contributed by atoms with Crippen molar-refractivity contribution in [2.24, 2.45) is 0 Å². The predicted molar refractivity (Wildman–Crippen MR) is 68.3 cm³/mol. The van der Waals surface area contributed by atoms with E-state index in [9.17, 15) is 9.18 Å². The number of halogens is 2. The third-order valence-electron chi connectivity index (χ3n) is 2.36. The molecule has 2 rings (SSSR count). The van der Waals surface area contributed by atoms with Gasteiger partial charge in [-0.1, -0.05) is 17.7 Å². The molecular weight excluding hydrogens is 255 g/mol. The van der Waals surface area contributed by atoms with Gasteiger partial charge in [-0.25, -0.2) is 9.37 Å². The zero-order valence-electron chi connectivity index (χ0n) is 9.58. The van der Waals surface area contributed by atoms with Crippen molar-refractivity contribution in [2.75, 3.05) is 5.32 Å². The lowest BCUT2D eigenvalue weighted by molar-refractivity contribution is 0.102. The van der Waals surface area contributed by atoms with Crippen molar-refractivity contribution in [1.29, 1.82) is 0 Å². The molecule has 0 aliphatic heterocycles. The van der Waals surface area contributed by atoms with Gasteiger partial charge in [0.15, 0.2) is 0 Å². The highest BCUT2D eigenvalue weighted by atomic mass is 35.5. The molecule has 0 unspecified atom stereocenters. The van der Waals surface area contributed by atoms with Gasteiger partial charge >= 0.3 is 0 Å². The van der Waals surface area contributed by atoms with E-state index < -0.39 is 11.7 Å². The van der Waals surface area contributed by atoms with Crippen molar-refractivity contribution in [2.45, 2.75) is 6.92 Å². The first kappa shape index (κ1) is 12.5. The molecule has 1 N–H and O–H groups in total. The Kier molecular flexibility index (Phi) is 3.58. The smallest absolute Gasteiger partial charge is 0.257 e. The standard InChI is InChI=1S/C13H10ClFN2O/c1-8-2-4-11(10(15)6-8)17-13(18)9-3-5-12(14)16-7-9/h2-7H,1H3,(H,17,18). The van der Waals surface area contributed by atoms with E-state index in [1.54, 1.807) is 13.0 Å². The van der Waals surface area contributed by atoms with Gasteiger partial charge in [0.2, 0.25) is 0 Å². The summed E-state index contributed by atoms with van der Waals surface area (Å²) in [7, 11) is 0. The molecule has 0 spiro atoms. The highest BCUT2D eigenvalue weighted by molar-refractivity contribution is 6.29. The van der Waals surface area contributed by atoms with Crippen LogP contribution in [0.5, 0.6) is 0 Å². The number of aromatic nitrogens is 1. The summed E-state index contributed by atoms with van der Waals surface area (Å²) in [6.07, 6.45) is 1.34. The topological polar surface area (TPSA) is 42.0 Å². The van der Waals surface area contributed by atoms with E-state index in [2.05, 4.69) is 10.3 Å². The van der Waals surface area contributed by atoms with Crippen molar-refractivity contribution < 1.29 is 9.18 Å². The Balaban J connectivity index is 2.18. The van der Waals surface area contributed by atoms with Crippen LogP contribution in [0.25, 0.3) is 0 Å². The average Bonchev–Trinajstić information content (AvgIpc) is 2.33. The Morgan fingerprint density at radius 1 is 1.33 bits per heavy atom. The predicted octanol–water partition coefficient (Wildman–Crippen LogP) is 3.43. The normalized spacial score (nSPS) is 10.2. The van der Waals surface area contributed by atoms with Gasteiger partial charge in [-0.3, -0.25) is 4.79 Å². The van der Waals surface area contributed by atoms with Crippen LogP contribution in [0.3, 0.4) is 0 Å². The minimum absolute atomic E-state index is 0.139. The average molecular weight is 265 g/mol. The summed E-state index contributed by atoms with van der Waals surface area (Å²) in [5.41, 5.74) is 1.25. The fourth-order valence-electron chi connectivity index (χ4n) is 1.43. The third kappa shape index (κ3) is 2.84. The number of nitrogens with one attached hydrogen (secondary N) is 1. The van der Waals surface area contributed by atoms with Crippen LogP contribution in [0.4, 0.5) is 10.1 Å². The van der Waals surface area contributed by atoms with Crippen molar-refractivity contribution >= 4 is 23.2 Å². The first-order valence-corrected chi connectivity index (χ1v) is 5.63. The number of nitrogens with zero attached hydrogens (tertiary/aromatic N) is 1. The van der Waals surface area contributed by atoms with Crippen LogP contribution >= 0.6 is 11.6 Å². The Bertz CT molecular complexity index is 584. The van der Waals surface area contributed by atoms with E-state index in [4.69, 9.17) is 11.6 Å². The summed E-state index contributed by atoms with van der Waals surface area (Å²) in [5, 5.41) is 2.78. The van der Waals surface area contributed by atoms with E-state index in [1.807, 2.05) is 0 Å². The molecule has 0 radical (unpaired) electrons. The highest BCUT2D eigenvalue weighted by Gasteiger charge is 2.09. The Hall–Kier alpha value is -1.94. The fourth-order valence-corrected chi connectivity index (χ4v) is 1.54. The largest absolute Gasteiger partial charge is 0.319 e. The second kappa shape index (κ2) is 5.14. The number of hydrogen-bond acceptors (Lipinski definition) is 2. The summed E-state index contributed by atoms with van der Waals surface area (Å²) >= 11 is 5.62. The van der Waals surface area contributed by atoms with E-state index in [0.29, 0.717) is 10.7 Å². The van der Waals surface area contributed by atoms with Crippen LogP contribution in [-0.2, 0) is 0 Å². The monoisotopic (exact) mass is 264 g/mol. The summed E-state index contributed by atoms with van der Waals surface area (Å²) < 4.78 is 13.5. The maximum Gasteiger partial charge on any atom is 0.257 e. The zero-order valence-corrected chi connectivity index (χ0v) is 10.3. The fraction of sp³-hybridized carbons (Fsp3) is 0.0769. The van der Waals surface area contributed by atoms with Crippen LogP contribution in [0.2, 0.25) is 5.15 Å². The minimum atomic E-state index is -0.467. The molecule has 1 aromatic carbocycles. The quantitative estimate of drug-likeness (QED) is 0.845. The summed E-state index contributed by atoms with van der Waals surface area (Å²) in [6, 6.07) is 7.62. The molecule has 1 heterocycles. The van der Waals surface area contributed by atoms with Crippen LogP contribution in [0.15, 0.2) is 36.5 Å². The first-order valence-electron chi connectivity index (χ1n) is 5.25. The molecule has 3 nitrogen and oxygen atoms in total. The maximum atomic E-state index is 13.5. The van der Waals surface area contributed by atoms with Gasteiger partial charge in [-0.15, -0.1) is 0 Å². The lowest BCUT2D eigenvalue weighted by atomic mass is 10.2. The minimum Gasteiger partial charge on any atom is -0.319 e. The first-order chi connectivity index (χ1) is 8.56. The van der Waals surface area contributed by atoms with Gasteiger partial charge in [0, 0.05) is 6.20 Å². The SMILES string of the molecule is Cc1ccc(NC(=O)c2ccc(Cl)nc2)c(F)c1. The summed E-state index contributed by atoms with van der Waals surface area (Å²) in [6.45, 7) is 1.78. The maximum absolute atomic E-state index is 13.5. The van der Waals surface area contributed by atoms with Crippen molar-refractivity contribution in [3.05, 3.63) is 58.6 Å². The highest BCUT2D eigenvalue weighted by Crippen LogP contribution is 2.16. The molecule has 0 aliphatic carbocycles. The molecule has 0 saturated heterocycles. The number of hydrogen-bond donors (Lipinski definition) is 1. The van der Waals surface area contributed by atoms with Crippen molar-refractivity contribution in [1.82, 2.24) is 4.98 Å². The molecule has 92 valence electrons. The Morgan fingerprint density at radius 3 is 2.72 bits per heavy atom. The zero-order chi connectivity index (χ0) is 13.1. The summed E-state index contributed by atoms with van der Waals surface area (Å²) in [5.74, 6) is -0.896. The van der Waals surface area contributed by atoms with Crippen molar-refractivity contribution in [3.63, 3.8) is 0 Å². The van der Waals surface area contributed by atoms with E-state index in [-0.39, 0.29) is 5.69 Å². The van der Waals surface area contributed by atoms with Gasteiger partial charge < -0.3 is 5.32 Å². The molecule has 0 fully saturated rings. The molecule has 2 aromatic rings. The number of anilines is 1. The number of carbonyl (C=O) groups excluding carboxylic acids is 1. The molecule has 1 aromatic heterocycles. The molecule has 0 bridgehead atoms. The lowest BCUT2D eigenvalue weighted by Crippen LogP contribution is -2.13. The number of pyridine rings is 1. The molecule has 0 saturated carbocycles. The van der Waals surface area contributed by atoms with Gasteiger partial charge in [0.05, 0.1) is 11.3 Å². The van der Waals surface area contributed by atoms with Crippen molar-refractivity contribution in [3.8, 4) is 0 Å². The molecule has 0 atom stereocenters. The van der Waals surface area contributed by atoms with Gasteiger partial charge in [-0.05, 0) is 36.8 Å². The number of amides is 1. The van der Waals surface area contributed by atoms with E-state index >= 15 is 0 Å². The number of carbonyl (C=O) groups is 1. The van der Waals surface area contributed by atoms with Crippen LogP contribution in [-0.4, -0.2) is 10.9 Å². The van der Waals surface area contributed by atoms with Gasteiger partial charge in [0.1, 0.15) is 11.0 Å². The Morgan fingerprint density at radius 2 is 2.11 bits per heavy atom. The summed E-state index contributed by atoms with van der Waals surface area (Å²) in [4.78, 5) is 15.6. The second-order valence-electron chi connectivity index (χ2n) is 3.81. The third-order valence-corrected chi connectivity index (χ3v) is 2.59. The van der Waals surface area contributed by atoms with E-state index in [1.165, 1.54) is 30.5 Å². The van der Waals surface area contributed by atoms with Crippen LogP contribution in [0.1, 0.15) is 15.9 Å². The van der Waals surface area contributed by atoms with Gasteiger partial charge in [-0.2, -0.15) is 0 Å². The molecule has 1 amide bonds. The molecular formula is C13H10ClFN2O. The lowest BCUT2D eigenvalue weighted by Gasteiger charge is -2.06. The number of rotatable bonds is 2. The van der Waals surface area contributed by atoms with Crippen LogP contribution in [0, 0.1) is 12.7 Å². The Labute approximate surface area is 109 Å². The molecule has 18 heavy (non-hydrogen) atoms. The number of aryl methyl sites for hydroxylation is 1. The number of benzene rings is 1. The van der Waals surface area contributed by atoms with Gasteiger partial charge in [0.25, 0.3) is 5.91 Å². The van der Waals surface area contributed by atoms with Crippen LogP contribution < -0.4 is 5.32 Å². The second-order valence-corrected chi connectivity index (χ2v) is 4.19.